The second-order valence-corrected chi connectivity index (χ2v) is 3.63. The second-order valence-electron chi connectivity index (χ2n) is 2.41. The van der Waals surface area contributed by atoms with Crippen LogP contribution < -0.4 is 5.32 Å². The minimum atomic E-state index is -0.972. The molecule has 0 aromatic carbocycles. The Balaban J connectivity index is 4.44. The Morgan fingerprint density at radius 1 is 1.50 bits per heavy atom. The molecule has 5 heteroatoms. The average Bonchev–Trinajstić information content (AvgIpc) is 2.01. The lowest BCUT2D eigenvalue weighted by Crippen LogP contribution is -2.49. The standard InChI is InChI=1S/C7H13NO3S/c1-5(9)8-7(2,12-4)6(10)11-3/h1-4H3,(H,8,9). The summed E-state index contributed by atoms with van der Waals surface area (Å²) >= 11 is 1.23. The zero-order valence-corrected chi connectivity index (χ0v) is 8.45. The number of hydrogen-bond acceptors (Lipinski definition) is 4. The summed E-state index contributed by atoms with van der Waals surface area (Å²) in [5.74, 6) is -0.706. The van der Waals surface area contributed by atoms with Gasteiger partial charge in [0.2, 0.25) is 5.91 Å². The molecular weight excluding hydrogens is 178 g/mol. The van der Waals surface area contributed by atoms with Crippen molar-refractivity contribution in [1.29, 1.82) is 0 Å². The number of rotatable bonds is 3. The van der Waals surface area contributed by atoms with Gasteiger partial charge in [-0.05, 0) is 13.2 Å². The summed E-state index contributed by atoms with van der Waals surface area (Å²) in [6.45, 7) is 2.96. The molecule has 0 spiro atoms. The highest BCUT2D eigenvalue weighted by atomic mass is 32.2. The van der Waals surface area contributed by atoms with Gasteiger partial charge in [0.25, 0.3) is 0 Å². The fourth-order valence-electron chi connectivity index (χ4n) is 0.716. The Bertz CT molecular complexity index is 195. The molecule has 0 radical (unpaired) electrons. The van der Waals surface area contributed by atoms with Crippen molar-refractivity contribution in [1.82, 2.24) is 5.32 Å². The Kier molecular flexibility index (Phi) is 4.09. The number of nitrogens with one attached hydrogen (secondary N) is 1. The number of hydrogen-bond donors (Lipinski definition) is 1. The molecule has 0 heterocycles. The van der Waals surface area contributed by atoms with Crippen molar-refractivity contribution in [3.05, 3.63) is 0 Å². The normalized spacial score (nSPS) is 14.7. The van der Waals surface area contributed by atoms with Gasteiger partial charge in [-0.1, -0.05) is 0 Å². The van der Waals surface area contributed by atoms with E-state index in [2.05, 4.69) is 10.1 Å². The van der Waals surface area contributed by atoms with E-state index < -0.39 is 10.8 Å². The molecule has 1 amide bonds. The van der Waals surface area contributed by atoms with E-state index in [4.69, 9.17) is 0 Å². The molecule has 4 nitrogen and oxygen atoms in total. The summed E-state index contributed by atoms with van der Waals surface area (Å²) in [5.41, 5.74) is 0. The van der Waals surface area contributed by atoms with Gasteiger partial charge in [-0.2, -0.15) is 0 Å². The van der Waals surface area contributed by atoms with Crippen LogP contribution in [0.4, 0.5) is 0 Å². The van der Waals surface area contributed by atoms with Crippen molar-refractivity contribution in [3.8, 4) is 0 Å². The molecule has 0 bridgehead atoms. The van der Waals surface area contributed by atoms with Gasteiger partial charge >= 0.3 is 5.97 Å². The first-order valence-corrected chi connectivity index (χ1v) is 4.61. The van der Waals surface area contributed by atoms with Crippen LogP contribution in [0.2, 0.25) is 0 Å². The van der Waals surface area contributed by atoms with E-state index in [9.17, 15) is 9.59 Å². The van der Waals surface area contributed by atoms with E-state index in [-0.39, 0.29) is 5.91 Å². The van der Waals surface area contributed by atoms with Crippen molar-refractivity contribution in [2.45, 2.75) is 18.7 Å². The van der Waals surface area contributed by atoms with Crippen LogP contribution in [0.25, 0.3) is 0 Å². The van der Waals surface area contributed by atoms with E-state index in [0.29, 0.717) is 0 Å². The Morgan fingerprint density at radius 3 is 2.25 bits per heavy atom. The first kappa shape index (κ1) is 11.3. The van der Waals surface area contributed by atoms with E-state index in [1.807, 2.05) is 0 Å². The molecule has 0 aromatic rings. The summed E-state index contributed by atoms with van der Waals surface area (Å²) in [5, 5.41) is 2.51. The van der Waals surface area contributed by atoms with Crippen LogP contribution in [0.1, 0.15) is 13.8 Å². The molecule has 0 aliphatic heterocycles. The smallest absolute Gasteiger partial charge is 0.341 e. The van der Waals surface area contributed by atoms with Crippen LogP contribution in [-0.4, -0.2) is 30.1 Å². The van der Waals surface area contributed by atoms with Crippen molar-refractivity contribution in [2.75, 3.05) is 13.4 Å². The third-order valence-corrected chi connectivity index (χ3v) is 2.48. The van der Waals surface area contributed by atoms with Gasteiger partial charge in [0, 0.05) is 6.92 Å². The van der Waals surface area contributed by atoms with Crippen molar-refractivity contribution >= 4 is 23.6 Å². The minimum Gasteiger partial charge on any atom is -0.467 e. The van der Waals surface area contributed by atoms with Gasteiger partial charge in [0.15, 0.2) is 4.87 Å². The summed E-state index contributed by atoms with van der Waals surface area (Å²) in [7, 11) is 1.29. The third kappa shape index (κ3) is 2.73. The molecule has 1 N–H and O–H groups in total. The van der Waals surface area contributed by atoms with Crippen molar-refractivity contribution in [3.63, 3.8) is 0 Å². The molecule has 1 unspecified atom stereocenters. The molecule has 0 fully saturated rings. The zero-order valence-electron chi connectivity index (χ0n) is 7.63. The van der Waals surface area contributed by atoms with E-state index in [0.717, 1.165) is 0 Å². The van der Waals surface area contributed by atoms with Crippen LogP contribution >= 0.6 is 11.8 Å². The Morgan fingerprint density at radius 2 is 2.00 bits per heavy atom. The zero-order chi connectivity index (χ0) is 9.78. The molecule has 0 aromatic heterocycles. The van der Waals surface area contributed by atoms with Gasteiger partial charge in [0.1, 0.15) is 0 Å². The lowest BCUT2D eigenvalue weighted by atomic mass is 10.3. The van der Waals surface area contributed by atoms with Crippen LogP contribution in [-0.2, 0) is 14.3 Å². The first-order valence-electron chi connectivity index (χ1n) is 3.38. The lowest BCUT2D eigenvalue weighted by Gasteiger charge is -2.24. The quantitative estimate of drug-likeness (QED) is 0.517. The Hall–Kier alpha value is -0.710. The highest BCUT2D eigenvalue weighted by molar-refractivity contribution is 8.00. The number of ether oxygens (including phenoxy) is 1. The van der Waals surface area contributed by atoms with Crippen molar-refractivity contribution < 1.29 is 14.3 Å². The molecule has 0 aliphatic carbocycles. The number of carbonyl (C=O) groups excluding carboxylic acids is 2. The highest BCUT2D eigenvalue weighted by Gasteiger charge is 2.34. The summed E-state index contributed by atoms with van der Waals surface area (Å²) in [6.07, 6.45) is 1.73. The van der Waals surface area contributed by atoms with E-state index in [1.165, 1.54) is 25.8 Å². The topological polar surface area (TPSA) is 55.4 Å². The minimum absolute atomic E-state index is 0.253. The van der Waals surface area contributed by atoms with Crippen LogP contribution in [0.15, 0.2) is 0 Å². The predicted molar refractivity (Wildman–Crippen MR) is 47.8 cm³/mol. The predicted octanol–water partition coefficient (Wildman–Crippen LogP) is 0.375. The lowest BCUT2D eigenvalue weighted by molar-refractivity contribution is -0.145. The molecule has 0 saturated carbocycles. The molecular formula is C7H13NO3S. The molecule has 0 saturated heterocycles. The molecule has 12 heavy (non-hydrogen) atoms. The van der Waals surface area contributed by atoms with Gasteiger partial charge in [-0.3, -0.25) is 4.79 Å². The average molecular weight is 191 g/mol. The van der Waals surface area contributed by atoms with E-state index >= 15 is 0 Å². The molecule has 0 rings (SSSR count). The number of carbonyl (C=O) groups is 2. The number of amides is 1. The second kappa shape index (κ2) is 4.35. The van der Waals surface area contributed by atoms with Crippen LogP contribution in [0.5, 0.6) is 0 Å². The van der Waals surface area contributed by atoms with Gasteiger partial charge in [-0.15, -0.1) is 11.8 Å². The number of thioether (sulfide) groups is 1. The van der Waals surface area contributed by atoms with Crippen molar-refractivity contribution in [2.24, 2.45) is 0 Å². The third-order valence-electron chi connectivity index (χ3n) is 1.40. The largest absolute Gasteiger partial charge is 0.467 e. The maximum atomic E-state index is 11.1. The van der Waals surface area contributed by atoms with Gasteiger partial charge < -0.3 is 10.1 Å². The summed E-state index contributed by atoms with van der Waals surface area (Å²) in [6, 6.07) is 0. The first-order chi connectivity index (χ1) is 5.46. The fraction of sp³-hybridized carbons (Fsp3) is 0.714. The molecule has 1 atom stereocenters. The van der Waals surface area contributed by atoms with E-state index in [1.54, 1.807) is 13.2 Å². The monoisotopic (exact) mass is 191 g/mol. The SMILES string of the molecule is COC(=O)C(C)(NC(C)=O)SC. The number of methoxy groups -OCH3 is 1. The fourth-order valence-corrected chi connectivity index (χ4v) is 1.21. The highest BCUT2D eigenvalue weighted by Crippen LogP contribution is 2.19. The van der Waals surface area contributed by atoms with Crippen LogP contribution in [0.3, 0.4) is 0 Å². The molecule has 70 valence electrons. The van der Waals surface area contributed by atoms with Gasteiger partial charge in [0.05, 0.1) is 7.11 Å². The summed E-state index contributed by atoms with van der Waals surface area (Å²) < 4.78 is 4.53. The van der Waals surface area contributed by atoms with Crippen LogP contribution in [0, 0.1) is 0 Å². The Labute approximate surface area is 76.0 Å². The molecule has 0 aliphatic rings. The summed E-state index contributed by atoms with van der Waals surface area (Å²) in [4.78, 5) is 20.9. The maximum absolute atomic E-state index is 11.1. The van der Waals surface area contributed by atoms with Gasteiger partial charge in [-0.25, -0.2) is 4.79 Å². The maximum Gasteiger partial charge on any atom is 0.341 e. The number of esters is 1.